The van der Waals surface area contributed by atoms with Crippen molar-refractivity contribution < 1.29 is 14.6 Å². The number of nitrogens with one attached hydrogen (secondary N) is 1. The van der Waals surface area contributed by atoms with Gasteiger partial charge < -0.3 is 15.2 Å². The Morgan fingerprint density at radius 3 is 2.90 bits per heavy atom. The molecule has 21 heavy (non-hydrogen) atoms. The van der Waals surface area contributed by atoms with E-state index >= 15 is 0 Å². The minimum absolute atomic E-state index is 0.00353. The van der Waals surface area contributed by atoms with E-state index in [1.165, 1.54) is 4.90 Å². The summed E-state index contributed by atoms with van der Waals surface area (Å²) in [5, 5.41) is 13.1. The molecular weight excluding hydrogens is 286 g/mol. The van der Waals surface area contributed by atoms with E-state index in [0.29, 0.717) is 19.4 Å². The van der Waals surface area contributed by atoms with Gasteiger partial charge in [0.1, 0.15) is 5.60 Å². The highest BCUT2D eigenvalue weighted by atomic mass is 32.2. The lowest BCUT2D eigenvalue weighted by atomic mass is 9.97. The zero-order valence-corrected chi connectivity index (χ0v) is 13.2. The van der Waals surface area contributed by atoms with E-state index in [0.717, 1.165) is 12.2 Å². The normalized spacial score (nSPS) is 25.0. The predicted octanol–water partition coefficient (Wildman–Crippen LogP) is 2.21. The number of ether oxygens (including phenoxy) is 1. The second kappa shape index (κ2) is 7.82. The van der Waals surface area contributed by atoms with Crippen LogP contribution in [0.1, 0.15) is 26.2 Å². The van der Waals surface area contributed by atoms with Crippen molar-refractivity contribution in [2.45, 2.75) is 42.8 Å². The topological polar surface area (TPSA) is 58.6 Å². The third kappa shape index (κ3) is 5.02. The van der Waals surface area contributed by atoms with Crippen molar-refractivity contribution in [2.24, 2.45) is 0 Å². The van der Waals surface area contributed by atoms with Gasteiger partial charge in [0.25, 0.3) is 0 Å². The van der Waals surface area contributed by atoms with Crippen molar-refractivity contribution in [3.05, 3.63) is 30.3 Å². The third-order valence-corrected chi connectivity index (χ3v) is 4.91. The average Bonchev–Trinajstić information content (AvgIpc) is 2.83. The van der Waals surface area contributed by atoms with E-state index in [1.54, 1.807) is 11.8 Å². The van der Waals surface area contributed by atoms with Crippen LogP contribution in [0.2, 0.25) is 0 Å². The first kappa shape index (κ1) is 16.3. The molecule has 1 fully saturated rings. The molecule has 1 aromatic rings. The van der Waals surface area contributed by atoms with Gasteiger partial charge in [-0.15, -0.1) is 11.8 Å². The molecule has 1 aliphatic rings. The van der Waals surface area contributed by atoms with Gasteiger partial charge in [-0.05, 0) is 31.2 Å². The van der Waals surface area contributed by atoms with Gasteiger partial charge in [0.05, 0.1) is 6.10 Å². The lowest BCUT2D eigenvalue weighted by molar-refractivity contribution is -0.122. The lowest BCUT2D eigenvalue weighted by Crippen LogP contribution is -2.47. The second-order valence-electron chi connectivity index (χ2n) is 5.41. The molecule has 4 nitrogen and oxygen atoms in total. The summed E-state index contributed by atoms with van der Waals surface area (Å²) in [4.78, 5) is 13.0. The van der Waals surface area contributed by atoms with Crippen molar-refractivity contribution in [3.63, 3.8) is 0 Å². The summed E-state index contributed by atoms with van der Waals surface area (Å²) in [6.07, 6.45) is 1.69. The predicted molar refractivity (Wildman–Crippen MR) is 84.4 cm³/mol. The first-order chi connectivity index (χ1) is 10.1. The number of carbonyl (C=O) groups excluding carboxylic acids is 1. The fourth-order valence-corrected chi connectivity index (χ4v) is 3.16. The van der Waals surface area contributed by atoms with Crippen LogP contribution in [0.25, 0.3) is 0 Å². The van der Waals surface area contributed by atoms with Gasteiger partial charge >= 0.3 is 0 Å². The van der Waals surface area contributed by atoms with Gasteiger partial charge in [-0.25, -0.2) is 0 Å². The summed E-state index contributed by atoms with van der Waals surface area (Å²) >= 11 is 1.76. The summed E-state index contributed by atoms with van der Waals surface area (Å²) < 4.78 is 5.34. The standard InChI is InChI=1S/C16H23NO3S/c1-13-16(19,9-10-20-13)12-17-15(18)8-5-11-21-14-6-3-2-4-7-14/h2-4,6-7,13,19H,5,8-12H2,1H3,(H,17,18). The molecule has 1 aromatic carbocycles. The Kier molecular flexibility index (Phi) is 6.08. The van der Waals surface area contributed by atoms with Crippen molar-refractivity contribution >= 4 is 17.7 Å². The largest absolute Gasteiger partial charge is 0.385 e. The van der Waals surface area contributed by atoms with E-state index in [2.05, 4.69) is 17.4 Å². The molecule has 2 N–H and O–H groups in total. The average molecular weight is 309 g/mol. The SMILES string of the molecule is CC1OCCC1(O)CNC(=O)CCCSc1ccccc1. The first-order valence-corrected chi connectivity index (χ1v) is 8.37. The minimum Gasteiger partial charge on any atom is -0.385 e. The zero-order chi connectivity index (χ0) is 15.1. The van der Waals surface area contributed by atoms with Gasteiger partial charge in [-0.3, -0.25) is 4.79 Å². The van der Waals surface area contributed by atoms with E-state index in [4.69, 9.17) is 4.74 Å². The van der Waals surface area contributed by atoms with Crippen LogP contribution >= 0.6 is 11.8 Å². The Labute approximate surface area is 130 Å². The molecule has 1 saturated heterocycles. The minimum atomic E-state index is -0.908. The summed E-state index contributed by atoms with van der Waals surface area (Å²) in [6, 6.07) is 10.2. The number of thioether (sulfide) groups is 1. The Morgan fingerprint density at radius 1 is 1.48 bits per heavy atom. The van der Waals surface area contributed by atoms with Crippen LogP contribution in [0.15, 0.2) is 35.2 Å². The molecule has 1 heterocycles. The number of aliphatic hydroxyl groups is 1. The highest BCUT2D eigenvalue weighted by Gasteiger charge is 2.39. The summed E-state index contributed by atoms with van der Waals surface area (Å²) in [5.74, 6) is 0.914. The maximum absolute atomic E-state index is 11.8. The molecule has 5 heteroatoms. The van der Waals surface area contributed by atoms with Crippen LogP contribution in [-0.4, -0.2) is 41.6 Å². The summed E-state index contributed by atoms with van der Waals surface area (Å²) in [6.45, 7) is 2.68. The third-order valence-electron chi connectivity index (χ3n) is 3.81. The van der Waals surface area contributed by atoms with Gasteiger partial charge in [0, 0.05) is 30.9 Å². The van der Waals surface area contributed by atoms with Crippen LogP contribution in [0.3, 0.4) is 0 Å². The van der Waals surface area contributed by atoms with E-state index in [-0.39, 0.29) is 18.6 Å². The quantitative estimate of drug-likeness (QED) is 0.599. The zero-order valence-electron chi connectivity index (χ0n) is 12.4. The van der Waals surface area contributed by atoms with Crippen LogP contribution in [-0.2, 0) is 9.53 Å². The Morgan fingerprint density at radius 2 is 2.24 bits per heavy atom. The van der Waals surface area contributed by atoms with E-state index < -0.39 is 5.60 Å². The van der Waals surface area contributed by atoms with E-state index in [1.807, 2.05) is 25.1 Å². The molecule has 0 bridgehead atoms. The Bertz CT molecular complexity index is 454. The van der Waals surface area contributed by atoms with Gasteiger partial charge in [-0.1, -0.05) is 18.2 Å². The molecule has 116 valence electrons. The lowest BCUT2D eigenvalue weighted by Gasteiger charge is -2.26. The molecule has 0 saturated carbocycles. The van der Waals surface area contributed by atoms with Crippen LogP contribution in [0, 0.1) is 0 Å². The van der Waals surface area contributed by atoms with Gasteiger partial charge in [0.15, 0.2) is 0 Å². The highest BCUT2D eigenvalue weighted by Crippen LogP contribution is 2.24. The fourth-order valence-electron chi connectivity index (χ4n) is 2.28. The number of amides is 1. The van der Waals surface area contributed by atoms with Gasteiger partial charge in [0.2, 0.25) is 5.91 Å². The first-order valence-electron chi connectivity index (χ1n) is 7.39. The number of carbonyl (C=O) groups is 1. The Balaban J connectivity index is 1.60. The fraction of sp³-hybridized carbons (Fsp3) is 0.562. The monoisotopic (exact) mass is 309 g/mol. The molecule has 0 radical (unpaired) electrons. The molecule has 0 spiro atoms. The molecule has 1 aliphatic heterocycles. The van der Waals surface area contributed by atoms with Crippen molar-refractivity contribution in [3.8, 4) is 0 Å². The summed E-state index contributed by atoms with van der Waals surface area (Å²) in [5.41, 5.74) is -0.908. The van der Waals surface area contributed by atoms with E-state index in [9.17, 15) is 9.90 Å². The molecule has 1 amide bonds. The molecule has 2 atom stereocenters. The van der Waals surface area contributed by atoms with Gasteiger partial charge in [-0.2, -0.15) is 0 Å². The van der Waals surface area contributed by atoms with Crippen LogP contribution in [0.5, 0.6) is 0 Å². The van der Waals surface area contributed by atoms with Crippen LogP contribution in [0.4, 0.5) is 0 Å². The highest BCUT2D eigenvalue weighted by molar-refractivity contribution is 7.99. The molecule has 2 rings (SSSR count). The second-order valence-corrected chi connectivity index (χ2v) is 6.58. The maximum atomic E-state index is 11.8. The van der Waals surface area contributed by atoms with Crippen LogP contribution < -0.4 is 5.32 Å². The smallest absolute Gasteiger partial charge is 0.220 e. The summed E-state index contributed by atoms with van der Waals surface area (Å²) in [7, 11) is 0. The number of rotatable bonds is 7. The Hall–Kier alpha value is -1.04. The van der Waals surface area contributed by atoms with Crippen molar-refractivity contribution in [2.75, 3.05) is 18.9 Å². The maximum Gasteiger partial charge on any atom is 0.220 e. The molecule has 0 aliphatic carbocycles. The number of hydrogen-bond acceptors (Lipinski definition) is 4. The molecule has 0 aromatic heterocycles. The molecular formula is C16H23NO3S. The van der Waals surface area contributed by atoms with Crippen molar-refractivity contribution in [1.82, 2.24) is 5.32 Å². The molecule has 2 unspecified atom stereocenters. The number of benzene rings is 1. The number of hydrogen-bond donors (Lipinski definition) is 2. The van der Waals surface area contributed by atoms with Crippen molar-refractivity contribution in [1.29, 1.82) is 0 Å².